The molecule has 0 saturated carbocycles. The zero-order chi connectivity index (χ0) is 16.7. The van der Waals surface area contributed by atoms with Gasteiger partial charge in [0.15, 0.2) is 0 Å². The summed E-state index contributed by atoms with van der Waals surface area (Å²) in [5.74, 6) is 0. The van der Waals surface area contributed by atoms with Crippen molar-refractivity contribution in [3.63, 3.8) is 0 Å². The molecule has 0 spiro atoms. The first-order valence-corrected chi connectivity index (χ1v) is 6.74. The Balaban J connectivity index is 2.92. The SMILES string of the molecule is N#Cc1c(Br)c(C(F)(F)F)n(C(=O)[O-])c1-c1ccc(Cl)cc1. The van der Waals surface area contributed by atoms with Crippen molar-refractivity contribution >= 4 is 33.6 Å². The number of aromatic nitrogens is 1. The first kappa shape index (κ1) is 16.4. The zero-order valence-corrected chi connectivity index (χ0v) is 12.8. The van der Waals surface area contributed by atoms with Crippen molar-refractivity contribution in [2.24, 2.45) is 0 Å². The van der Waals surface area contributed by atoms with Crippen molar-refractivity contribution < 1.29 is 23.1 Å². The smallest absolute Gasteiger partial charge is 0.432 e. The van der Waals surface area contributed by atoms with E-state index in [-0.39, 0.29) is 10.1 Å². The molecule has 1 aromatic heterocycles. The minimum Gasteiger partial charge on any atom is -0.529 e. The Labute approximate surface area is 135 Å². The molecule has 9 heteroatoms. The molecule has 2 rings (SSSR count). The van der Waals surface area contributed by atoms with Gasteiger partial charge in [0.05, 0.1) is 15.7 Å². The normalized spacial score (nSPS) is 11.3. The Morgan fingerprint density at radius 1 is 1.32 bits per heavy atom. The monoisotopic (exact) mass is 391 g/mol. The molecule has 1 heterocycles. The summed E-state index contributed by atoms with van der Waals surface area (Å²) in [7, 11) is 0. The molecule has 0 radical (unpaired) electrons. The van der Waals surface area contributed by atoms with Crippen LogP contribution in [-0.2, 0) is 6.18 Å². The van der Waals surface area contributed by atoms with Crippen molar-refractivity contribution in [2.45, 2.75) is 6.18 Å². The highest BCUT2D eigenvalue weighted by molar-refractivity contribution is 9.10. The van der Waals surface area contributed by atoms with Gasteiger partial charge in [0.2, 0.25) is 0 Å². The molecule has 0 unspecified atom stereocenters. The van der Waals surface area contributed by atoms with E-state index in [1.54, 1.807) is 6.07 Å². The summed E-state index contributed by atoms with van der Waals surface area (Å²) in [4.78, 5) is 11.2. The maximum absolute atomic E-state index is 13.1. The minimum atomic E-state index is -4.99. The van der Waals surface area contributed by atoms with Crippen LogP contribution < -0.4 is 5.11 Å². The van der Waals surface area contributed by atoms with Crippen molar-refractivity contribution in [2.75, 3.05) is 0 Å². The van der Waals surface area contributed by atoms with E-state index in [1.807, 2.05) is 0 Å². The van der Waals surface area contributed by atoms with Crippen LogP contribution in [-0.4, -0.2) is 10.7 Å². The molecular formula is C13H4BrClF3N2O2-. The van der Waals surface area contributed by atoms with Crippen LogP contribution in [0.2, 0.25) is 5.02 Å². The van der Waals surface area contributed by atoms with Crippen LogP contribution in [0.15, 0.2) is 28.7 Å². The number of alkyl halides is 3. The van der Waals surface area contributed by atoms with Crippen molar-refractivity contribution in [1.82, 2.24) is 4.57 Å². The van der Waals surface area contributed by atoms with E-state index >= 15 is 0 Å². The van der Waals surface area contributed by atoms with Gasteiger partial charge in [0.1, 0.15) is 17.9 Å². The standard InChI is InChI=1S/C13H5BrClF3N2O2/c14-9-8(5-19)10(6-1-3-7(15)4-2-6)20(12(21)22)11(9)13(16,17)18/h1-4H,(H,21,22)/p-1. The second-order valence-corrected chi connectivity index (χ2v) is 5.33. The van der Waals surface area contributed by atoms with E-state index in [9.17, 15) is 23.1 Å². The number of carboxylic acid groups (broad SMARTS) is 1. The Bertz CT molecular complexity index is 792. The van der Waals surface area contributed by atoms with Crippen LogP contribution in [0.5, 0.6) is 0 Å². The lowest BCUT2D eigenvalue weighted by Gasteiger charge is -2.16. The zero-order valence-electron chi connectivity index (χ0n) is 10.4. The van der Waals surface area contributed by atoms with Gasteiger partial charge in [-0.2, -0.15) is 18.4 Å². The van der Waals surface area contributed by atoms with Gasteiger partial charge in [-0.15, -0.1) is 0 Å². The minimum absolute atomic E-state index is 0.0636. The lowest BCUT2D eigenvalue weighted by atomic mass is 10.1. The highest BCUT2D eigenvalue weighted by Crippen LogP contribution is 2.42. The lowest BCUT2D eigenvalue weighted by molar-refractivity contribution is -0.252. The Hall–Kier alpha value is -1.98. The van der Waals surface area contributed by atoms with Crippen LogP contribution in [0.1, 0.15) is 11.3 Å². The van der Waals surface area contributed by atoms with E-state index in [4.69, 9.17) is 16.9 Å². The molecule has 0 aliphatic heterocycles. The number of nitriles is 1. The van der Waals surface area contributed by atoms with E-state index in [2.05, 4.69) is 15.9 Å². The Kier molecular flexibility index (Phi) is 4.22. The van der Waals surface area contributed by atoms with Crippen molar-refractivity contribution in [3.05, 3.63) is 45.0 Å². The summed E-state index contributed by atoms with van der Waals surface area (Å²) in [5.41, 5.74) is -2.33. The number of benzene rings is 1. The van der Waals surface area contributed by atoms with Gasteiger partial charge in [-0.1, -0.05) is 23.7 Å². The highest BCUT2D eigenvalue weighted by atomic mass is 79.9. The molecule has 0 amide bonds. The maximum Gasteiger partial charge on any atom is 0.432 e. The molecule has 22 heavy (non-hydrogen) atoms. The number of carbonyl (C=O) groups is 1. The molecule has 0 fully saturated rings. The second kappa shape index (κ2) is 5.66. The second-order valence-electron chi connectivity index (χ2n) is 4.10. The third-order valence-corrected chi connectivity index (χ3v) is 3.82. The fourth-order valence-electron chi connectivity index (χ4n) is 1.96. The van der Waals surface area contributed by atoms with Gasteiger partial charge in [-0.25, -0.2) is 0 Å². The number of nitrogens with zero attached hydrogens (tertiary/aromatic N) is 2. The van der Waals surface area contributed by atoms with Gasteiger partial charge in [0, 0.05) is 10.6 Å². The third-order valence-electron chi connectivity index (χ3n) is 2.79. The van der Waals surface area contributed by atoms with Crippen LogP contribution >= 0.6 is 27.5 Å². The highest BCUT2D eigenvalue weighted by Gasteiger charge is 2.41. The third kappa shape index (κ3) is 2.69. The van der Waals surface area contributed by atoms with Gasteiger partial charge in [-0.05, 0) is 28.1 Å². The van der Waals surface area contributed by atoms with Crippen LogP contribution in [0.4, 0.5) is 18.0 Å². The molecule has 0 saturated heterocycles. The summed E-state index contributed by atoms with van der Waals surface area (Å²) >= 11 is 8.34. The summed E-state index contributed by atoms with van der Waals surface area (Å²) in [6.07, 6.45) is -7.09. The number of hydrogen-bond donors (Lipinski definition) is 0. The fraction of sp³-hybridized carbons (Fsp3) is 0.0769. The summed E-state index contributed by atoms with van der Waals surface area (Å²) in [6, 6.07) is 6.93. The van der Waals surface area contributed by atoms with E-state index in [0.717, 1.165) is 0 Å². The molecule has 0 bridgehead atoms. The molecule has 2 aromatic rings. The number of hydrogen-bond acceptors (Lipinski definition) is 3. The van der Waals surface area contributed by atoms with Crippen molar-refractivity contribution in [3.8, 4) is 17.3 Å². The van der Waals surface area contributed by atoms with E-state index in [1.165, 1.54) is 24.3 Å². The fourth-order valence-corrected chi connectivity index (χ4v) is 2.77. The largest absolute Gasteiger partial charge is 0.529 e. The first-order chi connectivity index (χ1) is 10.2. The molecule has 1 aromatic carbocycles. The molecule has 0 aliphatic carbocycles. The van der Waals surface area contributed by atoms with Crippen LogP contribution in [0.3, 0.4) is 0 Å². The number of rotatable bonds is 1. The Morgan fingerprint density at radius 2 is 1.86 bits per heavy atom. The van der Waals surface area contributed by atoms with Crippen molar-refractivity contribution in [1.29, 1.82) is 5.26 Å². The van der Waals surface area contributed by atoms with Crippen LogP contribution in [0.25, 0.3) is 11.3 Å². The molecule has 114 valence electrons. The van der Waals surface area contributed by atoms with Gasteiger partial charge in [-0.3, -0.25) is 4.57 Å². The quantitative estimate of drug-likeness (QED) is 0.744. The predicted octanol–water partition coefficient (Wildman–Crippen LogP) is 3.65. The molecular weight excluding hydrogens is 389 g/mol. The van der Waals surface area contributed by atoms with Crippen LogP contribution in [0, 0.1) is 11.3 Å². The number of carbonyl (C=O) groups excluding carboxylic acids is 1. The average Bonchev–Trinajstić information content (AvgIpc) is 2.72. The molecule has 0 N–H and O–H groups in total. The molecule has 0 atom stereocenters. The summed E-state index contributed by atoms with van der Waals surface area (Å²) in [6.45, 7) is 0. The first-order valence-electron chi connectivity index (χ1n) is 5.57. The molecule has 4 nitrogen and oxygen atoms in total. The summed E-state index contributed by atoms with van der Waals surface area (Å²) in [5, 5.41) is 20.6. The predicted molar refractivity (Wildman–Crippen MR) is 73.1 cm³/mol. The number of halogens is 5. The average molecular weight is 393 g/mol. The van der Waals surface area contributed by atoms with E-state index in [0.29, 0.717) is 5.02 Å². The van der Waals surface area contributed by atoms with Gasteiger partial charge >= 0.3 is 6.18 Å². The maximum atomic E-state index is 13.1. The van der Waals surface area contributed by atoms with Gasteiger partial charge < -0.3 is 9.90 Å². The Morgan fingerprint density at radius 3 is 2.27 bits per heavy atom. The lowest BCUT2D eigenvalue weighted by Crippen LogP contribution is -2.32. The topological polar surface area (TPSA) is 68.8 Å². The van der Waals surface area contributed by atoms with E-state index < -0.39 is 33.7 Å². The van der Waals surface area contributed by atoms with Gasteiger partial charge in [0.25, 0.3) is 0 Å². The summed E-state index contributed by atoms with van der Waals surface area (Å²) < 4.78 is 38.6. The molecule has 0 aliphatic rings.